The number of hydrogen-bond donors (Lipinski definition) is 2. The van der Waals surface area contributed by atoms with Gasteiger partial charge in [-0.2, -0.15) is 0 Å². The molecule has 8 nitrogen and oxygen atoms in total. The number of carbonyl (C=O) groups excluding carboxylic acids is 2. The molecule has 0 spiro atoms. The zero-order chi connectivity index (χ0) is 23.3. The molecule has 2 aromatic heterocycles. The van der Waals surface area contributed by atoms with Gasteiger partial charge in [0, 0.05) is 16.9 Å². The number of benzene rings is 1. The summed E-state index contributed by atoms with van der Waals surface area (Å²) in [5, 5.41) is 17.7. The van der Waals surface area contributed by atoms with Crippen molar-refractivity contribution < 1.29 is 9.59 Å². The molecule has 0 bridgehead atoms. The van der Waals surface area contributed by atoms with Crippen molar-refractivity contribution in [3.05, 3.63) is 63.4 Å². The number of amides is 2. The molecule has 32 heavy (non-hydrogen) atoms. The second-order valence-electron chi connectivity index (χ2n) is 6.69. The van der Waals surface area contributed by atoms with E-state index in [4.69, 9.17) is 23.2 Å². The molecule has 0 saturated carbocycles. The summed E-state index contributed by atoms with van der Waals surface area (Å²) in [6.07, 6.45) is 1.69. The normalized spacial score (nSPS) is 11.8. The topological polar surface area (TPSA) is 102 Å². The van der Waals surface area contributed by atoms with Crippen molar-refractivity contribution in [2.75, 3.05) is 11.1 Å². The van der Waals surface area contributed by atoms with Gasteiger partial charge in [0.1, 0.15) is 0 Å². The molecular formula is C20H20Cl2N6O2S2. The Hall–Kier alpha value is -2.40. The molecule has 0 radical (unpaired) electrons. The first kappa shape index (κ1) is 24.2. The van der Waals surface area contributed by atoms with Gasteiger partial charge in [-0.15, -0.1) is 28.1 Å². The highest BCUT2D eigenvalue weighted by Gasteiger charge is 2.21. The molecule has 1 atom stereocenters. The Morgan fingerprint density at radius 3 is 2.78 bits per heavy atom. The first-order chi connectivity index (χ1) is 15.3. The van der Waals surface area contributed by atoms with E-state index in [2.05, 4.69) is 32.4 Å². The predicted octanol–water partition coefficient (Wildman–Crippen LogP) is 4.76. The Morgan fingerprint density at radius 2 is 2.12 bits per heavy atom. The molecule has 2 N–H and O–H groups in total. The molecule has 2 amide bonds. The number of anilines is 1. The summed E-state index contributed by atoms with van der Waals surface area (Å²) in [6, 6.07) is 4.20. The number of aryl methyl sites for hydroxylation is 1. The van der Waals surface area contributed by atoms with E-state index in [1.54, 1.807) is 29.7 Å². The third-order valence-corrected chi connectivity index (χ3v) is 6.56. The molecule has 1 unspecified atom stereocenters. The fourth-order valence-electron chi connectivity index (χ4n) is 2.74. The monoisotopic (exact) mass is 510 g/mol. The first-order valence-electron chi connectivity index (χ1n) is 9.43. The molecule has 0 fully saturated rings. The molecule has 12 heteroatoms. The number of carbonyl (C=O) groups is 2. The van der Waals surface area contributed by atoms with Crippen molar-refractivity contribution in [1.29, 1.82) is 0 Å². The number of aromatic nitrogens is 4. The van der Waals surface area contributed by atoms with Crippen LogP contribution in [-0.2, 0) is 11.3 Å². The van der Waals surface area contributed by atoms with E-state index < -0.39 is 6.04 Å². The molecule has 3 rings (SSSR count). The number of nitrogens with one attached hydrogen (secondary N) is 2. The minimum absolute atomic E-state index is 0.134. The first-order valence-corrected chi connectivity index (χ1v) is 12.0. The maximum atomic E-state index is 12.6. The SMILES string of the molecule is C=CCn1c(SCC(=O)Nc2nc(C)cs2)nnc1C(C)NC(=O)c1ccc(Cl)cc1Cl. The Labute approximate surface area is 203 Å². The van der Waals surface area contributed by atoms with Crippen LogP contribution in [0.4, 0.5) is 5.13 Å². The van der Waals surface area contributed by atoms with Crippen LogP contribution in [0.5, 0.6) is 0 Å². The summed E-state index contributed by atoms with van der Waals surface area (Å²) < 4.78 is 1.80. The average molecular weight is 511 g/mol. The van der Waals surface area contributed by atoms with Crippen LogP contribution in [0.2, 0.25) is 10.0 Å². The lowest BCUT2D eigenvalue weighted by molar-refractivity contribution is -0.113. The zero-order valence-corrected chi connectivity index (χ0v) is 20.4. The van der Waals surface area contributed by atoms with E-state index in [1.807, 2.05) is 12.3 Å². The zero-order valence-electron chi connectivity index (χ0n) is 17.3. The number of nitrogens with zero attached hydrogens (tertiary/aromatic N) is 4. The van der Waals surface area contributed by atoms with E-state index in [0.29, 0.717) is 33.2 Å². The molecule has 0 aliphatic heterocycles. The van der Waals surface area contributed by atoms with Gasteiger partial charge in [-0.25, -0.2) is 4.98 Å². The lowest BCUT2D eigenvalue weighted by Crippen LogP contribution is -2.29. The highest BCUT2D eigenvalue weighted by atomic mass is 35.5. The second kappa shape index (κ2) is 11.0. The third kappa shape index (κ3) is 6.10. The predicted molar refractivity (Wildman–Crippen MR) is 129 cm³/mol. The number of halogens is 2. The molecule has 168 valence electrons. The largest absolute Gasteiger partial charge is 0.342 e. The fraction of sp³-hybridized carbons (Fsp3) is 0.250. The molecular weight excluding hydrogens is 491 g/mol. The molecule has 0 aliphatic carbocycles. The van der Waals surface area contributed by atoms with Gasteiger partial charge in [0.15, 0.2) is 16.1 Å². The van der Waals surface area contributed by atoms with Crippen LogP contribution in [0.15, 0.2) is 41.4 Å². The average Bonchev–Trinajstić information content (AvgIpc) is 3.32. The summed E-state index contributed by atoms with van der Waals surface area (Å²) >= 11 is 14.6. The van der Waals surface area contributed by atoms with Gasteiger partial charge in [-0.3, -0.25) is 9.59 Å². The minimum atomic E-state index is -0.469. The lowest BCUT2D eigenvalue weighted by atomic mass is 10.2. The highest BCUT2D eigenvalue weighted by molar-refractivity contribution is 7.99. The van der Waals surface area contributed by atoms with Crippen LogP contribution in [-0.4, -0.2) is 37.3 Å². The summed E-state index contributed by atoms with van der Waals surface area (Å²) in [6.45, 7) is 7.84. The Kier molecular flexibility index (Phi) is 8.30. The Bertz CT molecular complexity index is 1150. The van der Waals surface area contributed by atoms with Crippen LogP contribution >= 0.6 is 46.3 Å². The number of thiazole rings is 1. The number of thioether (sulfide) groups is 1. The van der Waals surface area contributed by atoms with Crippen LogP contribution in [0.25, 0.3) is 0 Å². The molecule has 3 aromatic rings. The number of hydrogen-bond acceptors (Lipinski definition) is 7. The quantitative estimate of drug-likeness (QED) is 0.317. The van der Waals surface area contributed by atoms with Crippen molar-refractivity contribution in [3.63, 3.8) is 0 Å². The van der Waals surface area contributed by atoms with Crippen LogP contribution in [0.3, 0.4) is 0 Å². The van der Waals surface area contributed by atoms with Crippen molar-refractivity contribution in [2.45, 2.75) is 31.6 Å². The van der Waals surface area contributed by atoms with Gasteiger partial charge in [-0.1, -0.05) is 41.0 Å². The van der Waals surface area contributed by atoms with Gasteiger partial charge in [0.05, 0.1) is 28.1 Å². The van der Waals surface area contributed by atoms with Gasteiger partial charge in [0.25, 0.3) is 5.91 Å². The van der Waals surface area contributed by atoms with Gasteiger partial charge in [-0.05, 0) is 32.0 Å². The minimum Gasteiger partial charge on any atom is -0.342 e. The summed E-state index contributed by atoms with van der Waals surface area (Å²) in [7, 11) is 0. The summed E-state index contributed by atoms with van der Waals surface area (Å²) in [4.78, 5) is 29.1. The van der Waals surface area contributed by atoms with Crippen molar-refractivity contribution >= 4 is 63.2 Å². The van der Waals surface area contributed by atoms with Crippen LogP contribution in [0, 0.1) is 6.92 Å². The van der Waals surface area contributed by atoms with E-state index in [0.717, 1.165) is 5.69 Å². The van der Waals surface area contributed by atoms with E-state index in [9.17, 15) is 9.59 Å². The van der Waals surface area contributed by atoms with E-state index in [1.165, 1.54) is 29.2 Å². The van der Waals surface area contributed by atoms with Crippen molar-refractivity contribution in [2.24, 2.45) is 0 Å². The van der Waals surface area contributed by atoms with Gasteiger partial charge < -0.3 is 15.2 Å². The molecule has 0 saturated heterocycles. The lowest BCUT2D eigenvalue weighted by Gasteiger charge is -2.15. The Morgan fingerprint density at radius 1 is 1.34 bits per heavy atom. The molecule has 2 heterocycles. The molecule has 1 aromatic carbocycles. The highest BCUT2D eigenvalue weighted by Crippen LogP contribution is 2.24. The Balaban J connectivity index is 1.68. The smallest absolute Gasteiger partial charge is 0.253 e. The van der Waals surface area contributed by atoms with E-state index in [-0.39, 0.29) is 22.6 Å². The van der Waals surface area contributed by atoms with Crippen LogP contribution < -0.4 is 10.6 Å². The van der Waals surface area contributed by atoms with Crippen molar-refractivity contribution in [3.8, 4) is 0 Å². The van der Waals surface area contributed by atoms with Crippen molar-refractivity contribution in [1.82, 2.24) is 25.1 Å². The second-order valence-corrected chi connectivity index (χ2v) is 9.33. The number of rotatable bonds is 9. The summed E-state index contributed by atoms with van der Waals surface area (Å²) in [5.41, 5.74) is 1.16. The van der Waals surface area contributed by atoms with Crippen LogP contribution in [0.1, 0.15) is 34.8 Å². The summed E-state index contributed by atoms with van der Waals surface area (Å²) in [5.74, 6) is 0.105. The maximum Gasteiger partial charge on any atom is 0.253 e. The number of allylic oxidation sites excluding steroid dienone is 1. The fourth-order valence-corrected chi connectivity index (χ4v) is 4.69. The maximum absolute atomic E-state index is 12.6. The van der Waals surface area contributed by atoms with Gasteiger partial charge in [0.2, 0.25) is 5.91 Å². The van der Waals surface area contributed by atoms with Gasteiger partial charge >= 0.3 is 0 Å². The third-order valence-electron chi connectivity index (χ3n) is 4.17. The van der Waals surface area contributed by atoms with E-state index >= 15 is 0 Å². The molecule has 0 aliphatic rings. The standard InChI is InChI=1S/C20H20Cl2N6O2S2/c1-4-7-28-17(12(3)24-18(30)14-6-5-13(21)8-15(14)22)26-27-20(28)32-10-16(29)25-19-23-11(2)9-31-19/h4-6,8-9,12H,1,7,10H2,2-3H3,(H,24,30)(H,23,25,29).